The molecule has 7 heteroatoms. The highest BCUT2D eigenvalue weighted by molar-refractivity contribution is 5.89. The van der Waals surface area contributed by atoms with Gasteiger partial charge in [-0.1, -0.05) is 30.3 Å². The van der Waals surface area contributed by atoms with Gasteiger partial charge in [-0.3, -0.25) is 9.59 Å². The van der Waals surface area contributed by atoms with Crippen LogP contribution in [0.1, 0.15) is 5.56 Å². The van der Waals surface area contributed by atoms with E-state index in [9.17, 15) is 14.4 Å². The van der Waals surface area contributed by atoms with E-state index >= 15 is 0 Å². The molecule has 0 bridgehead atoms. The molecule has 2 rings (SSSR count). The molecular weight excluding hydrogens is 274 g/mol. The Hall–Kier alpha value is -2.57. The second-order valence-electron chi connectivity index (χ2n) is 4.58. The third-order valence-corrected chi connectivity index (χ3v) is 2.98. The Kier molecular flexibility index (Phi) is 5.14. The lowest BCUT2D eigenvalue weighted by atomic mass is 10.1. The zero-order valence-electron chi connectivity index (χ0n) is 11.4. The first-order valence-electron chi connectivity index (χ1n) is 6.68. The average molecular weight is 291 g/mol. The highest BCUT2D eigenvalue weighted by Crippen LogP contribution is 1.99. The SMILES string of the molecule is O=C(CNC(=O)[C@@H]1CNC(=O)O1)NCCc1ccccc1. The molecule has 0 saturated carbocycles. The number of rotatable bonds is 6. The van der Waals surface area contributed by atoms with E-state index in [-0.39, 0.29) is 19.0 Å². The maximum absolute atomic E-state index is 11.6. The van der Waals surface area contributed by atoms with Crippen LogP contribution in [0.15, 0.2) is 30.3 Å². The number of hydrogen-bond donors (Lipinski definition) is 3. The summed E-state index contributed by atoms with van der Waals surface area (Å²) < 4.78 is 4.70. The molecule has 1 aliphatic rings. The van der Waals surface area contributed by atoms with Crippen LogP contribution in [0.25, 0.3) is 0 Å². The first kappa shape index (κ1) is 14.8. The van der Waals surface area contributed by atoms with Crippen LogP contribution in [0.2, 0.25) is 0 Å². The smallest absolute Gasteiger partial charge is 0.408 e. The van der Waals surface area contributed by atoms with Gasteiger partial charge in [0.2, 0.25) is 5.91 Å². The van der Waals surface area contributed by atoms with Gasteiger partial charge < -0.3 is 20.7 Å². The zero-order valence-corrected chi connectivity index (χ0v) is 11.4. The summed E-state index contributed by atoms with van der Waals surface area (Å²) in [5, 5.41) is 7.50. The number of ether oxygens (including phenoxy) is 1. The summed E-state index contributed by atoms with van der Waals surface area (Å²) in [5.41, 5.74) is 1.13. The van der Waals surface area contributed by atoms with Crippen molar-refractivity contribution in [2.24, 2.45) is 0 Å². The summed E-state index contributed by atoms with van der Waals surface area (Å²) in [7, 11) is 0. The fraction of sp³-hybridized carbons (Fsp3) is 0.357. The molecular formula is C14H17N3O4. The largest absolute Gasteiger partial charge is 0.434 e. The molecule has 1 aliphatic heterocycles. The van der Waals surface area contributed by atoms with Crippen molar-refractivity contribution in [1.29, 1.82) is 0 Å². The highest BCUT2D eigenvalue weighted by Gasteiger charge is 2.29. The first-order valence-corrected chi connectivity index (χ1v) is 6.68. The minimum absolute atomic E-state index is 0.125. The van der Waals surface area contributed by atoms with Crippen LogP contribution in [0.3, 0.4) is 0 Å². The van der Waals surface area contributed by atoms with Gasteiger partial charge in [0.1, 0.15) is 0 Å². The minimum Gasteiger partial charge on any atom is -0.434 e. The summed E-state index contributed by atoms with van der Waals surface area (Å²) in [5.74, 6) is -0.761. The fourth-order valence-electron chi connectivity index (χ4n) is 1.87. The van der Waals surface area contributed by atoms with Crippen LogP contribution in [0.5, 0.6) is 0 Å². The van der Waals surface area contributed by atoms with E-state index in [1.807, 2.05) is 30.3 Å². The molecule has 21 heavy (non-hydrogen) atoms. The number of carbonyl (C=O) groups is 3. The molecule has 112 valence electrons. The number of cyclic esters (lactones) is 1. The van der Waals surface area contributed by atoms with E-state index in [1.165, 1.54) is 0 Å². The van der Waals surface area contributed by atoms with Crippen LogP contribution >= 0.6 is 0 Å². The second kappa shape index (κ2) is 7.28. The molecule has 1 heterocycles. The molecule has 3 N–H and O–H groups in total. The molecule has 3 amide bonds. The Bertz CT molecular complexity index is 518. The molecule has 0 unspecified atom stereocenters. The van der Waals surface area contributed by atoms with E-state index in [1.54, 1.807) is 0 Å². The van der Waals surface area contributed by atoms with Gasteiger partial charge in [-0.25, -0.2) is 4.79 Å². The van der Waals surface area contributed by atoms with Crippen LogP contribution in [-0.2, 0) is 20.7 Å². The van der Waals surface area contributed by atoms with Crippen molar-refractivity contribution >= 4 is 17.9 Å². The highest BCUT2D eigenvalue weighted by atomic mass is 16.6. The van der Waals surface area contributed by atoms with Crippen LogP contribution in [0.4, 0.5) is 4.79 Å². The molecule has 0 spiro atoms. The van der Waals surface area contributed by atoms with Crippen LogP contribution < -0.4 is 16.0 Å². The second-order valence-corrected chi connectivity index (χ2v) is 4.58. The van der Waals surface area contributed by atoms with Crippen molar-refractivity contribution in [1.82, 2.24) is 16.0 Å². The van der Waals surface area contributed by atoms with E-state index < -0.39 is 18.1 Å². The predicted octanol–water partition coefficient (Wildman–Crippen LogP) is -0.430. The third kappa shape index (κ3) is 4.79. The summed E-state index contributed by atoms with van der Waals surface area (Å²) in [6.07, 6.45) is -0.762. The van der Waals surface area contributed by atoms with Crippen molar-refractivity contribution in [3.05, 3.63) is 35.9 Å². The van der Waals surface area contributed by atoms with Gasteiger partial charge in [0, 0.05) is 6.54 Å². The van der Waals surface area contributed by atoms with Gasteiger partial charge in [-0.05, 0) is 12.0 Å². The van der Waals surface area contributed by atoms with Gasteiger partial charge in [0.25, 0.3) is 5.91 Å². The summed E-state index contributed by atoms with van der Waals surface area (Å²) in [4.78, 5) is 33.9. The first-order chi connectivity index (χ1) is 10.1. The lowest BCUT2D eigenvalue weighted by molar-refractivity contribution is -0.130. The van der Waals surface area contributed by atoms with E-state index in [0.717, 1.165) is 12.0 Å². The average Bonchev–Trinajstić information content (AvgIpc) is 2.92. The molecule has 1 aromatic rings. The fourth-order valence-corrected chi connectivity index (χ4v) is 1.87. The Morgan fingerprint density at radius 1 is 1.24 bits per heavy atom. The van der Waals surface area contributed by atoms with Gasteiger partial charge in [-0.15, -0.1) is 0 Å². The number of hydrogen-bond acceptors (Lipinski definition) is 4. The molecule has 1 fully saturated rings. The third-order valence-electron chi connectivity index (χ3n) is 2.98. The van der Waals surface area contributed by atoms with Crippen molar-refractivity contribution < 1.29 is 19.1 Å². The Balaban J connectivity index is 1.61. The summed E-state index contributed by atoms with van der Waals surface area (Å²) in [6, 6.07) is 9.77. The standard InChI is InChI=1S/C14H17N3O4/c18-12(15-7-6-10-4-2-1-3-5-10)9-16-13(19)11-8-17-14(20)21-11/h1-5,11H,6-9H2,(H,15,18)(H,16,19)(H,17,20)/t11-/m0/s1. The number of amides is 3. The molecule has 0 radical (unpaired) electrons. The van der Waals surface area contributed by atoms with Crippen LogP contribution in [-0.4, -0.2) is 43.6 Å². The lowest BCUT2D eigenvalue weighted by Gasteiger charge is -2.09. The molecule has 1 aromatic carbocycles. The van der Waals surface area contributed by atoms with Crippen molar-refractivity contribution in [2.75, 3.05) is 19.6 Å². The van der Waals surface area contributed by atoms with Crippen molar-refractivity contribution in [2.45, 2.75) is 12.5 Å². The molecule has 7 nitrogen and oxygen atoms in total. The maximum atomic E-state index is 11.6. The topological polar surface area (TPSA) is 96.5 Å². The normalized spacial score (nSPS) is 16.8. The molecule has 1 saturated heterocycles. The van der Waals surface area contributed by atoms with Gasteiger partial charge >= 0.3 is 6.09 Å². The van der Waals surface area contributed by atoms with Gasteiger partial charge in [-0.2, -0.15) is 0 Å². The summed E-state index contributed by atoms with van der Waals surface area (Å²) in [6.45, 7) is 0.487. The number of benzene rings is 1. The monoisotopic (exact) mass is 291 g/mol. The number of nitrogens with one attached hydrogen (secondary N) is 3. The Morgan fingerprint density at radius 2 is 2.00 bits per heavy atom. The quantitative estimate of drug-likeness (QED) is 0.662. The van der Waals surface area contributed by atoms with E-state index in [4.69, 9.17) is 4.74 Å². The zero-order chi connectivity index (χ0) is 15.1. The number of alkyl carbamates (subject to hydrolysis) is 1. The van der Waals surface area contributed by atoms with Crippen molar-refractivity contribution in [3.63, 3.8) is 0 Å². The van der Waals surface area contributed by atoms with Crippen molar-refractivity contribution in [3.8, 4) is 0 Å². The Labute approximate surface area is 122 Å². The predicted molar refractivity (Wildman–Crippen MR) is 74.4 cm³/mol. The molecule has 0 aromatic heterocycles. The van der Waals surface area contributed by atoms with Crippen LogP contribution in [0, 0.1) is 0 Å². The maximum Gasteiger partial charge on any atom is 0.408 e. The number of carbonyl (C=O) groups excluding carboxylic acids is 3. The molecule has 1 atom stereocenters. The van der Waals surface area contributed by atoms with E-state index in [2.05, 4.69) is 16.0 Å². The lowest BCUT2D eigenvalue weighted by Crippen LogP contribution is -2.43. The minimum atomic E-state index is -0.866. The Morgan fingerprint density at radius 3 is 2.67 bits per heavy atom. The van der Waals surface area contributed by atoms with E-state index in [0.29, 0.717) is 6.54 Å². The van der Waals surface area contributed by atoms with Gasteiger partial charge in [0.05, 0.1) is 13.1 Å². The molecule has 0 aliphatic carbocycles. The summed E-state index contributed by atoms with van der Waals surface area (Å²) >= 11 is 0. The van der Waals surface area contributed by atoms with Gasteiger partial charge in [0.15, 0.2) is 6.10 Å².